The van der Waals surface area contributed by atoms with Gasteiger partial charge in [0.2, 0.25) is 12.7 Å². The van der Waals surface area contributed by atoms with E-state index in [2.05, 4.69) is 10.6 Å². The fourth-order valence-corrected chi connectivity index (χ4v) is 3.08. The lowest BCUT2D eigenvalue weighted by molar-refractivity contribution is -0.137. The highest BCUT2D eigenvalue weighted by molar-refractivity contribution is 6.10. The molecule has 132 valence electrons. The summed E-state index contributed by atoms with van der Waals surface area (Å²) in [6.07, 6.45) is 1.88. The van der Waals surface area contributed by atoms with Crippen LogP contribution >= 0.6 is 0 Å². The number of carbonyl (C=O) groups excluding carboxylic acids is 3. The van der Waals surface area contributed by atoms with E-state index in [9.17, 15) is 14.4 Å². The van der Waals surface area contributed by atoms with Gasteiger partial charge in [-0.2, -0.15) is 0 Å². The van der Waals surface area contributed by atoms with E-state index in [-0.39, 0.29) is 18.7 Å². The van der Waals surface area contributed by atoms with Crippen LogP contribution in [0.1, 0.15) is 32.3 Å². The van der Waals surface area contributed by atoms with Crippen LogP contribution in [0.5, 0.6) is 11.5 Å². The summed E-state index contributed by atoms with van der Waals surface area (Å²) in [7, 11) is 0. The number of hydrogen-bond acceptors (Lipinski definition) is 5. The Morgan fingerprint density at radius 3 is 2.76 bits per heavy atom. The minimum Gasteiger partial charge on any atom is -0.454 e. The van der Waals surface area contributed by atoms with Crippen LogP contribution in [0.3, 0.4) is 0 Å². The minimum atomic E-state index is -1.26. The van der Waals surface area contributed by atoms with E-state index in [1.165, 1.54) is 0 Å². The van der Waals surface area contributed by atoms with E-state index in [4.69, 9.17) is 9.47 Å². The molecule has 1 saturated carbocycles. The van der Waals surface area contributed by atoms with E-state index < -0.39 is 23.5 Å². The van der Waals surface area contributed by atoms with Gasteiger partial charge in [-0.15, -0.1) is 0 Å². The Bertz CT molecular complexity index is 776. The molecule has 0 radical (unpaired) electrons. The van der Waals surface area contributed by atoms with E-state index in [0.29, 0.717) is 17.1 Å². The summed E-state index contributed by atoms with van der Waals surface area (Å²) in [5, 5.41) is 5.53. The smallest absolute Gasteiger partial charge is 0.326 e. The van der Waals surface area contributed by atoms with Crippen LogP contribution in [0, 0.1) is 0 Å². The average molecular weight is 345 g/mol. The molecule has 1 aliphatic carbocycles. The van der Waals surface area contributed by atoms with Gasteiger partial charge in [0, 0.05) is 6.04 Å². The number of nitrogens with one attached hydrogen (secondary N) is 2. The summed E-state index contributed by atoms with van der Waals surface area (Å²) in [4.78, 5) is 38.6. The monoisotopic (exact) mass is 345 g/mol. The van der Waals surface area contributed by atoms with Crippen molar-refractivity contribution in [3.05, 3.63) is 23.8 Å². The van der Waals surface area contributed by atoms with Crippen molar-refractivity contribution in [2.75, 3.05) is 6.79 Å². The summed E-state index contributed by atoms with van der Waals surface area (Å²) in [5.74, 6) is 0.340. The zero-order chi connectivity index (χ0) is 17.8. The summed E-state index contributed by atoms with van der Waals surface area (Å²) in [5.41, 5.74) is -0.681. The molecule has 0 aromatic heterocycles. The van der Waals surface area contributed by atoms with E-state index >= 15 is 0 Å². The Morgan fingerprint density at radius 1 is 1.32 bits per heavy atom. The van der Waals surface area contributed by atoms with Crippen molar-refractivity contribution in [3.8, 4) is 11.5 Å². The molecule has 2 N–H and O–H groups in total. The van der Waals surface area contributed by atoms with Gasteiger partial charge in [0.1, 0.15) is 11.6 Å². The summed E-state index contributed by atoms with van der Waals surface area (Å²) < 4.78 is 10.6. The predicted octanol–water partition coefficient (Wildman–Crippen LogP) is 0.849. The topological polar surface area (TPSA) is 97.0 Å². The number of hydrogen-bond donors (Lipinski definition) is 2. The van der Waals surface area contributed by atoms with Gasteiger partial charge in [-0.1, -0.05) is 6.07 Å². The fraction of sp³-hybridized carbons (Fsp3) is 0.471. The number of nitrogens with zero attached hydrogens (tertiary/aromatic N) is 1. The first kappa shape index (κ1) is 15.7. The standard InChI is InChI=1S/C17H19N3O5/c1-9(14(21)18-11-4-5-11)20-15(22)17(2,19-16(20)23)10-3-6-12-13(7-10)25-8-24-12/h3,6-7,9,11H,4-5,8H2,1-2H3,(H,18,21)(H,19,23)/t9-,17-/m0/s1. The maximum Gasteiger partial charge on any atom is 0.326 e. The molecule has 2 atom stereocenters. The van der Waals surface area contributed by atoms with Crippen LogP contribution in [0.25, 0.3) is 0 Å². The molecule has 2 heterocycles. The largest absolute Gasteiger partial charge is 0.454 e. The van der Waals surface area contributed by atoms with Gasteiger partial charge in [-0.3, -0.25) is 9.59 Å². The molecule has 4 amide bonds. The Kier molecular flexibility index (Phi) is 3.38. The average Bonchev–Trinajstić information content (AvgIpc) is 3.20. The van der Waals surface area contributed by atoms with E-state index in [1.807, 2.05) is 0 Å². The van der Waals surface area contributed by atoms with Crippen LogP contribution in [-0.4, -0.2) is 41.6 Å². The van der Waals surface area contributed by atoms with E-state index in [0.717, 1.165) is 17.7 Å². The molecular weight excluding hydrogens is 326 g/mol. The zero-order valence-electron chi connectivity index (χ0n) is 14.0. The van der Waals surface area contributed by atoms with Crippen LogP contribution in [0.4, 0.5) is 4.79 Å². The Morgan fingerprint density at radius 2 is 2.04 bits per heavy atom. The van der Waals surface area contributed by atoms with Gasteiger partial charge in [-0.05, 0) is 44.4 Å². The van der Waals surface area contributed by atoms with Gasteiger partial charge in [-0.25, -0.2) is 9.69 Å². The number of carbonyl (C=O) groups is 3. The molecule has 1 aromatic rings. The number of fused-ring (bicyclic) bond motifs is 1. The molecule has 3 aliphatic rings. The molecule has 25 heavy (non-hydrogen) atoms. The maximum absolute atomic E-state index is 13.0. The first-order valence-electron chi connectivity index (χ1n) is 8.26. The molecule has 8 heteroatoms. The highest BCUT2D eigenvalue weighted by Crippen LogP contribution is 2.38. The second-order valence-corrected chi connectivity index (χ2v) is 6.76. The fourth-order valence-electron chi connectivity index (χ4n) is 3.08. The molecule has 0 unspecified atom stereocenters. The van der Waals surface area contributed by atoms with Gasteiger partial charge >= 0.3 is 6.03 Å². The number of benzene rings is 1. The first-order chi connectivity index (χ1) is 11.9. The molecule has 8 nitrogen and oxygen atoms in total. The highest BCUT2D eigenvalue weighted by atomic mass is 16.7. The third-order valence-electron chi connectivity index (χ3n) is 4.86. The SMILES string of the molecule is C[C@@H](C(=O)NC1CC1)N1C(=O)N[C@@](C)(c2ccc3c(c2)OCO3)C1=O. The van der Waals surface area contributed by atoms with Gasteiger partial charge in [0.25, 0.3) is 5.91 Å². The second kappa shape index (κ2) is 5.37. The number of imide groups is 1. The van der Waals surface area contributed by atoms with Crippen LogP contribution < -0.4 is 20.1 Å². The summed E-state index contributed by atoms with van der Waals surface area (Å²) >= 11 is 0. The zero-order valence-corrected chi connectivity index (χ0v) is 14.0. The van der Waals surface area contributed by atoms with Crippen molar-refractivity contribution >= 4 is 17.8 Å². The normalized spacial score (nSPS) is 25.8. The second-order valence-electron chi connectivity index (χ2n) is 6.76. The molecule has 2 fully saturated rings. The van der Waals surface area contributed by atoms with Gasteiger partial charge in [0.15, 0.2) is 11.5 Å². The number of amides is 4. The van der Waals surface area contributed by atoms with Gasteiger partial charge < -0.3 is 20.1 Å². The van der Waals surface area contributed by atoms with Crippen LogP contribution in [-0.2, 0) is 15.1 Å². The predicted molar refractivity (Wildman–Crippen MR) is 85.9 cm³/mol. The van der Waals surface area contributed by atoms with Crippen LogP contribution in [0.15, 0.2) is 18.2 Å². The van der Waals surface area contributed by atoms with Crippen LogP contribution in [0.2, 0.25) is 0 Å². The summed E-state index contributed by atoms with van der Waals surface area (Å²) in [6.45, 7) is 3.30. The minimum absolute atomic E-state index is 0.125. The number of ether oxygens (including phenoxy) is 2. The molecule has 1 aromatic carbocycles. The quantitative estimate of drug-likeness (QED) is 0.789. The van der Waals surface area contributed by atoms with E-state index in [1.54, 1.807) is 32.0 Å². The van der Waals surface area contributed by atoms with Crippen molar-refractivity contribution in [2.45, 2.75) is 44.3 Å². The third kappa shape index (κ3) is 2.48. The van der Waals surface area contributed by atoms with Crippen molar-refractivity contribution in [1.29, 1.82) is 0 Å². The molecular formula is C17H19N3O5. The van der Waals surface area contributed by atoms with Gasteiger partial charge in [0.05, 0.1) is 0 Å². The highest BCUT2D eigenvalue weighted by Gasteiger charge is 2.52. The van der Waals surface area contributed by atoms with Crippen molar-refractivity contribution in [2.24, 2.45) is 0 Å². The lowest BCUT2D eigenvalue weighted by atomic mass is 9.91. The molecule has 1 saturated heterocycles. The molecule has 0 bridgehead atoms. The van der Waals surface area contributed by atoms with Crippen molar-refractivity contribution in [1.82, 2.24) is 15.5 Å². The molecule has 0 spiro atoms. The Labute approximate surface area is 144 Å². The third-order valence-corrected chi connectivity index (χ3v) is 4.86. The van der Waals surface area contributed by atoms with Crippen molar-refractivity contribution in [3.63, 3.8) is 0 Å². The maximum atomic E-state index is 13.0. The first-order valence-corrected chi connectivity index (χ1v) is 8.26. The Hall–Kier alpha value is -2.77. The molecule has 2 aliphatic heterocycles. The Balaban J connectivity index is 1.60. The lowest BCUT2D eigenvalue weighted by Crippen LogP contribution is -2.49. The number of rotatable bonds is 4. The molecule has 4 rings (SSSR count). The summed E-state index contributed by atoms with van der Waals surface area (Å²) in [6, 6.07) is 3.81. The number of urea groups is 1. The lowest BCUT2D eigenvalue weighted by Gasteiger charge is -2.24. The van der Waals surface area contributed by atoms with Crippen molar-refractivity contribution < 1.29 is 23.9 Å².